The van der Waals surface area contributed by atoms with Crippen LogP contribution in [0.4, 0.5) is 0 Å². The first-order valence-corrected chi connectivity index (χ1v) is 10.5. The van der Waals surface area contributed by atoms with E-state index in [1.54, 1.807) is 12.3 Å². The van der Waals surface area contributed by atoms with Crippen LogP contribution in [-0.2, 0) is 0 Å². The molecule has 0 bridgehead atoms. The third-order valence-electron chi connectivity index (χ3n) is 3.24. The van der Waals surface area contributed by atoms with Gasteiger partial charge < -0.3 is 14.5 Å². The average Bonchev–Trinajstić information content (AvgIpc) is 2.60. The highest BCUT2D eigenvalue weighted by atomic mass is 79.9. The van der Waals surface area contributed by atoms with Crippen molar-refractivity contribution in [3.63, 3.8) is 0 Å². The van der Waals surface area contributed by atoms with E-state index in [9.17, 15) is 10.1 Å². The maximum Gasteiger partial charge on any atom is 0.270 e. The van der Waals surface area contributed by atoms with Gasteiger partial charge in [-0.25, -0.2) is 4.98 Å². The third kappa shape index (κ3) is 4.24. The van der Waals surface area contributed by atoms with Crippen molar-refractivity contribution in [2.75, 3.05) is 12.9 Å². The first kappa shape index (κ1) is 20.8. The Hall–Kier alpha value is -1.50. The summed E-state index contributed by atoms with van der Waals surface area (Å²) in [7, 11) is 0. The standard InChI is InChI=1S/C17H17Br2N3O3S/c1-5-24-11-6-9(12(18)13(19)15(11)25-8(2)3)14-10(7-20)16(23)22-17(21-14)26-4/h6,8H,5H2,1-4H3,(H,21,22,23). The minimum Gasteiger partial charge on any atom is -0.490 e. The van der Waals surface area contributed by atoms with Crippen molar-refractivity contribution in [2.24, 2.45) is 0 Å². The number of halogens is 2. The lowest BCUT2D eigenvalue weighted by Gasteiger charge is -2.19. The molecule has 6 nitrogen and oxygen atoms in total. The van der Waals surface area contributed by atoms with Crippen LogP contribution in [0, 0.1) is 11.3 Å². The summed E-state index contributed by atoms with van der Waals surface area (Å²) < 4.78 is 12.8. The van der Waals surface area contributed by atoms with E-state index < -0.39 is 5.56 Å². The summed E-state index contributed by atoms with van der Waals surface area (Å²) in [6.07, 6.45) is 1.74. The van der Waals surface area contributed by atoms with Gasteiger partial charge in [0.05, 0.1) is 22.9 Å². The molecule has 9 heteroatoms. The number of ether oxygens (including phenoxy) is 2. The van der Waals surface area contributed by atoms with Gasteiger partial charge in [0.2, 0.25) is 0 Å². The predicted molar refractivity (Wildman–Crippen MR) is 109 cm³/mol. The van der Waals surface area contributed by atoms with Gasteiger partial charge in [0.15, 0.2) is 16.7 Å². The Kier molecular flexibility index (Phi) is 7.15. The van der Waals surface area contributed by atoms with Crippen molar-refractivity contribution >= 4 is 43.6 Å². The first-order chi connectivity index (χ1) is 12.3. The summed E-state index contributed by atoms with van der Waals surface area (Å²) >= 11 is 8.34. The summed E-state index contributed by atoms with van der Waals surface area (Å²) in [4.78, 5) is 19.2. The largest absolute Gasteiger partial charge is 0.490 e. The molecule has 1 aromatic carbocycles. The quantitative estimate of drug-likeness (QED) is 0.453. The Morgan fingerprint density at radius 2 is 2.08 bits per heavy atom. The van der Waals surface area contributed by atoms with Gasteiger partial charge in [-0.15, -0.1) is 0 Å². The number of nitrogens with one attached hydrogen (secondary N) is 1. The van der Waals surface area contributed by atoms with Crippen molar-refractivity contribution in [3.05, 3.63) is 30.9 Å². The van der Waals surface area contributed by atoms with Gasteiger partial charge in [0, 0.05) is 10.0 Å². The third-order valence-corrected chi connectivity index (χ3v) is 5.93. The first-order valence-electron chi connectivity index (χ1n) is 7.74. The van der Waals surface area contributed by atoms with E-state index >= 15 is 0 Å². The van der Waals surface area contributed by atoms with Crippen LogP contribution in [0.25, 0.3) is 11.3 Å². The molecule has 0 aliphatic rings. The summed E-state index contributed by atoms with van der Waals surface area (Å²) in [6, 6.07) is 3.66. The summed E-state index contributed by atoms with van der Waals surface area (Å²) in [6.45, 7) is 6.14. The summed E-state index contributed by atoms with van der Waals surface area (Å²) in [5.41, 5.74) is 0.306. The Bertz CT molecular complexity index is 923. The lowest BCUT2D eigenvalue weighted by Crippen LogP contribution is -2.15. The molecule has 0 saturated carbocycles. The number of rotatable bonds is 6. The molecule has 0 unspecified atom stereocenters. The number of hydrogen-bond donors (Lipinski definition) is 1. The van der Waals surface area contributed by atoms with E-state index in [-0.39, 0.29) is 17.4 Å². The Balaban J connectivity index is 2.81. The molecule has 0 radical (unpaired) electrons. The lowest BCUT2D eigenvalue weighted by atomic mass is 10.1. The molecule has 0 aliphatic heterocycles. The second-order valence-corrected chi connectivity index (χ2v) is 7.77. The molecule has 2 aromatic rings. The van der Waals surface area contributed by atoms with Gasteiger partial charge in [-0.2, -0.15) is 5.26 Å². The van der Waals surface area contributed by atoms with E-state index in [4.69, 9.17) is 9.47 Å². The molecule has 0 fully saturated rings. The van der Waals surface area contributed by atoms with Gasteiger partial charge in [0.1, 0.15) is 11.6 Å². The van der Waals surface area contributed by atoms with Gasteiger partial charge in [-0.05, 0) is 65.0 Å². The predicted octanol–water partition coefficient (Wildman–Crippen LogP) is 4.74. The highest BCUT2D eigenvalue weighted by molar-refractivity contribution is 9.13. The minimum absolute atomic E-state index is 0.0567. The topological polar surface area (TPSA) is 88.0 Å². The second kappa shape index (κ2) is 8.93. The lowest BCUT2D eigenvalue weighted by molar-refractivity contribution is 0.222. The number of nitrogens with zero attached hydrogens (tertiary/aromatic N) is 2. The van der Waals surface area contributed by atoms with Crippen molar-refractivity contribution in [3.8, 4) is 28.8 Å². The van der Waals surface area contributed by atoms with E-state index in [1.165, 1.54) is 11.8 Å². The number of aromatic amines is 1. The van der Waals surface area contributed by atoms with Crippen LogP contribution in [0.1, 0.15) is 26.3 Å². The molecule has 1 aromatic heterocycles. The number of nitriles is 1. The molecule has 2 rings (SSSR count). The summed E-state index contributed by atoms with van der Waals surface area (Å²) in [5.74, 6) is 1.05. The molecule has 0 amide bonds. The van der Waals surface area contributed by atoms with E-state index in [2.05, 4.69) is 41.8 Å². The molecule has 0 aliphatic carbocycles. The van der Waals surface area contributed by atoms with E-state index in [0.717, 1.165) is 0 Å². The molecular weight excluding hydrogens is 486 g/mol. The average molecular weight is 503 g/mol. The highest BCUT2D eigenvalue weighted by Crippen LogP contribution is 2.46. The SMILES string of the molecule is CCOc1cc(-c2nc(SC)[nH]c(=O)c2C#N)c(Br)c(Br)c1OC(C)C. The van der Waals surface area contributed by atoms with E-state index in [0.29, 0.717) is 37.8 Å². The molecule has 0 atom stereocenters. The van der Waals surface area contributed by atoms with Gasteiger partial charge in [0.25, 0.3) is 5.56 Å². The zero-order valence-electron chi connectivity index (χ0n) is 14.6. The van der Waals surface area contributed by atoms with Crippen LogP contribution in [-0.4, -0.2) is 28.9 Å². The molecule has 26 heavy (non-hydrogen) atoms. The monoisotopic (exact) mass is 501 g/mol. The fraction of sp³-hybridized carbons (Fsp3) is 0.353. The molecule has 0 spiro atoms. The molecule has 0 saturated heterocycles. The van der Waals surface area contributed by atoms with Crippen LogP contribution in [0.15, 0.2) is 25.0 Å². The fourth-order valence-electron chi connectivity index (χ4n) is 2.21. The maximum absolute atomic E-state index is 12.2. The van der Waals surface area contributed by atoms with Crippen molar-refractivity contribution in [2.45, 2.75) is 32.0 Å². The van der Waals surface area contributed by atoms with Crippen LogP contribution in [0.5, 0.6) is 11.5 Å². The molecule has 138 valence electrons. The minimum atomic E-state index is -0.481. The van der Waals surface area contributed by atoms with Crippen LogP contribution < -0.4 is 15.0 Å². The van der Waals surface area contributed by atoms with Crippen molar-refractivity contribution < 1.29 is 9.47 Å². The van der Waals surface area contributed by atoms with E-state index in [1.807, 2.05) is 26.8 Å². The van der Waals surface area contributed by atoms with Crippen molar-refractivity contribution in [1.29, 1.82) is 5.26 Å². The Morgan fingerprint density at radius 3 is 2.62 bits per heavy atom. The zero-order valence-corrected chi connectivity index (χ0v) is 18.6. The van der Waals surface area contributed by atoms with Crippen LogP contribution >= 0.6 is 43.6 Å². The number of hydrogen-bond acceptors (Lipinski definition) is 6. The maximum atomic E-state index is 12.2. The number of aromatic nitrogens is 2. The van der Waals surface area contributed by atoms with Crippen LogP contribution in [0.2, 0.25) is 0 Å². The number of benzene rings is 1. The van der Waals surface area contributed by atoms with Gasteiger partial charge >= 0.3 is 0 Å². The Morgan fingerprint density at radius 1 is 1.38 bits per heavy atom. The van der Waals surface area contributed by atoms with Crippen LogP contribution in [0.3, 0.4) is 0 Å². The smallest absolute Gasteiger partial charge is 0.270 e. The number of thioether (sulfide) groups is 1. The van der Waals surface area contributed by atoms with Crippen molar-refractivity contribution in [1.82, 2.24) is 9.97 Å². The van der Waals surface area contributed by atoms with Gasteiger partial charge in [-0.3, -0.25) is 4.79 Å². The normalized spacial score (nSPS) is 10.7. The Labute approximate surface area is 172 Å². The molecular formula is C17H17Br2N3O3S. The highest BCUT2D eigenvalue weighted by Gasteiger charge is 2.23. The number of H-pyrrole nitrogens is 1. The molecule has 1 N–H and O–H groups in total. The van der Waals surface area contributed by atoms with Gasteiger partial charge in [-0.1, -0.05) is 11.8 Å². The summed E-state index contributed by atoms with van der Waals surface area (Å²) in [5, 5.41) is 9.85. The fourth-order valence-corrected chi connectivity index (χ4v) is 3.58. The zero-order chi connectivity index (χ0) is 19.4. The second-order valence-electron chi connectivity index (χ2n) is 5.39. The molecule has 1 heterocycles.